The van der Waals surface area contributed by atoms with Gasteiger partial charge in [-0.1, -0.05) is 66.7 Å². The zero-order valence-corrected chi connectivity index (χ0v) is 19.4. The van der Waals surface area contributed by atoms with Crippen LogP contribution in [-0.2, 0) is 19.6 Å². The van der Waals surface area contributed by atoms with E-state index in [1.807, 2.05) is 42.5 Å². The molecular weight excluding hydrogens is 472 g/mol. The number of nitrogens with one attached hydrogen (secondary N) is 2. The Morgan fingerprint density at radius 1 is 0.794 bits per heavy atom. The summed E-state index contributed by atoms with van der Waals surface area (Å²) in [4.78, 5) is 25.2. The fourth-order valence-corrected chi connectivity index (χ4v) is 5.29. The molecule has 0 saturated heterocycles. The Hall–Kier alpha value is -3.95. The number of anilines is 2. The number of rotatable bonds is 8. The zero-order valence-electron chi connectivity index (χ0n) is 17.8. The molecule has 0 fully saturated rings. The van der Waals surface area contributed by atoms with Crippen molar-refractivity contribution < 1.29 is 22.7 Å². The van der Waals surface area contributed by atoms with Gasteiger partial charge in [0.1, 0.15) is 4.21 Å². The van der Waals surface area contributed by atoms with Crippen LogP contribution in [0.25, 0.3) is 11.1 Å². The molecule has 0 atom stereocenters. The van der Waals surface area contributed by atoms with E-state index in [9.17, 15) is 18.0 Å². The van der Waals surface area contributed by atoms with E-state index in [1.165, 1.54) is 18.2 Å². The maximum atomic E-state index is 12.6. The molecule has 1 amide bonds. The van der Waals surface area contributed by atoms with Gasteiger partial charge in [-0.05, 0) is 35.2 Å². The van der Waals surface area contributed by atoms with E-state index in [1.54, 1.807) is 35.7 Å². The molecule has 2 N–H and O–H groups in total. The molecule has 0 unspecified atom stereocenters. The standard InChI is InChI=1S/C25H20N2O5S2/c28-23(26-21-13-6-4-11-19(21)18-9-2-1-3-10-18)17-32-25(29)20-12-5-7-14-22(20)27-34(30,31)24-15-8-16-33-24/h1-16,27H,17H2,(H,26,28). The maximum Gasteiger partial charge on any atom is 0.340 e. The Labute approximate surface area is 201 Å². The lowest BCUT2D eigenvalue weighted by Crippen LogP contribution is -2.22. The normalized spacial score (nSPS) is 10.9. The van der Waals surface area contributed by atoms with Crippen LogP contribution >= 0.6 is 11.3 Å². The lowest BCUT2D eigenvalue weighted by molar-refractivity contribution is -0.119. The zero-order chi connectivity index (χ0) is 24.0. The van der Waals surface area contributed by atoms with E-state index in [-0.39, 0.29) is 15.5 Å². The van der Waals surface area contributed by atoms with Crippen LogP contribution in [0, 0.1) is 0 Å². The number of carbonyl (C=O) groups is 2. The minimum absolute atomic E-state index is 0.000108. The molecule has 0 aliphatic carbocycles. The van der Waals surface area contributed by atoms with Crippen molar-refractivity contribution in [3.05, 3.63) is 102 Å². The fraction of sp³-hybridized carbons (Fsp3) is 0.0400. The molecule has 0 bridgehead atoms. The molecule has 0 radical (unpaired) electrons. The molecule has 4 aromatic rings. The molecule has 0 aliphatic rings. The summed E-state index contributed by atoms with van der Waals surface area (Å²) < 4.78 is 32.8. The van der Waals surface area contributed by atoms with Gasteiger partial charge in [0.15, 0.2) is 6.61 Å². The first kappa shape index (κ1) is 23.2. The number of para-hydroxylation sites is 2. The molecule has 1 heterocycles. The van der Waals surface area contributed by atoms with Crippen LogP contribution in [0.15, 0.2) is 101 Å². The second kappa shape index (κ2) is 10.3. The van der Waals surface area contributed by atoms with Crippen molar-refractivity contribution >= 4 is 44.6 Å². The van der Waals surface area contributed by atoms with Crippen molar-refractivity contribution in [3.8, 4) is 11.1 Å². The van der Waals surface area contributed by atoms with Gasteiger partial charge in [0, 0.05) is 11.3 Å². The van der Waals surface area contributed by atoms with Crippen LogP contribution in [-0.4, -0.2) is 26.9 Å². The van der Waals surface area contributed by atoms with Crippen LogP contribution in [0.2, 0.25) is 0 Å². The third-order valence-corrected chi connectivity index (χ3v) is 7.53. The number of hydrogen-bond acceptors (Lipinski definition) is 6. The second-order valence-corrected chi connectivity index (χ2v) is 9.98. The SMILES string of the molecule is O=C(COC(=O)c1ccccc1NS(=O)(=O)c1cccs1)Nc1ccccc1-c1ccccc1. The van der Waals surface area contributed by atoms with Crippen LogP contribution in [0.3, 0.4) is 0 Å². The number of benzene rings is 3. The average Bonchev–Trinajstić information content (AvgIpc) is 3.40. The first-order valence-electron chi connectivity index (χ1n) is 10.2. The van der Waals surface area contributed by atoms with Crippen molar-refractivity contribution in [1.29, 1.82) is 0 Å². The van der Waals surface area contributed by atoms with Crippen LogP contribution in [0.1, 0.15) is 10.4 Å². The van der Waals surface area contributed by atoms with Gasteiger partial charge in [-0.3, -0.25) is 9.52 Å². The molecular formula is C25H20N2O5S2. The first-order chi connectivity index (χ1) is 16.4. The molecule has 0 aliphatic heterocycles. The Balaban J connectivity index is 1.43. The largest absolute Gasteiger partial charge is 0.452 e. The summed E-state index contributed by atoms with van der Waals surface area (Å²) in [5.41, 5.74) is 2.41. The summed E-state index contributed by atoms with van der Waals surface area (Å²) in [6.07, 6.45) is 0. The van der Waals surface area contributed by atoms with Crippen molar-refractivity contribution in [2.24, 2.45) is 0 Å². The molecule has 1 aromatic heterocycles. The Bertz CT molecular complexity index is 1400. The number of esters is 1. The van der Waals surface area contributed by atoms with E-state index in [4.69, 9.17) is 4.74 Å². The minimum atomic E-state index is -3.85. The highest BCUT2D eigenvalue weighted by Gasteiger charge is 2.21. The number of carbonyl (C=O) groups excluding carboxylic acids is 2. The van der Waals surface area contributed by atoms with E-state index in [2.05, 4.69) is 10.0 Å². The highest BCUT2D eigenvalue weighted by molar-refractivity contribution is 7.94. The molecule has 9 heteroatoms. The quantitative estimate of drug-likeness (QED) is 0.337. The molecule has 7 nitrogen and oxygen atoms in total. The van der Waals surface area contributed by atoms with Crippen molar-refractivity contribution in [1.82, 2.24) is 0 Å². The van der Waals surface area contributed by atoms with E-state index < -0.39 is 28.5 Å². The van der Waals surface area contributed by atoms with Gasteiger partial charge in [-0.15, -0.1) is 11.3 Å². The van der Waals surface area contributed by atoms with Crippen molar-refractivity contribution in [2.75, 3.05) is 16.6 Å². The van der Waals surface area contributed by atoms with Gasteiger partial charge < -0.3 is 10.1 Å². The molecule has 4 rings (SSSR count). The van der Waals surface area contributed by atoms with Gasteiger partial charge in [0.05, 0.1) is 11.3 Å². The van der Waals surface area contributed by atoms with Gasteiger partial charge in [-0.25, -0.2) is 13.2 Å². The summed E-state index contributed by atoms with van der Waals surface area (Å²) in [6.45, 7) is -0.534. The summed E-state index contributed by atoms with van der Waals surface area (Å²) in [5.74, 6) is -1.34. The molecule has 172 valence electrons. The molecule has 3 aromatic carbocycles. The van der Waals surface area contributed by atoms with Gasteiger partial charge in [0.25, 0.3) is 15.9 Å². The van der Waals surface area contributed by atoms with Crippen molar-refractivity contribution in [2.45, 2.75) is 4.21 Å². The monoisotopic (exact) mass is 492 g/mol. The molecule has 0 saturated carbocycles. The lowest BCUT2D eigenvalue weighted by Gasteiger charge is -2.13. The Morgan fingerprint density at radius 2 is 1.47 bits per heavy atom. The topological polar surface area (TPSA) is 102 Å². The van der Waals surface area contributed by atoms with Crippen LogP contribution in [0.4, 0.5) is 11.4 Å². The lowest BCUT2D eigenvalue weighted by atomic mass is 10.0. The summed E-state index contributed by atoms with van der Waals surface area (Å²) in [5, 5.41) is 4.40. The highest BCUT2D eigenvalue weighted by Crippen LogP contribution is 2.27. The fourth-order valence-electron chi connectivity index (χ4n) is 3.22. The average molecular weight is 493 g/mol. The van der Waals surface area contributed by atoms with Crippen LogP contribution in [0.5, 0.6) is 0 Å². The van der Waals surface area contributed by atoms with Gasteiger partial charge in [-0.2, -0.15) is 0 Å². The van der Waals surface area contributed by atoms with E-state index in [0.29, 0.717) is 5.69 Å². The van der Waals surface area contributed by atoms with Crippen molar-refractivity contribution in [3.63, 3.8) is 0 Å². The van der Waals surface area contributed by atoms with Gasteiger partial charge in [0.2, 0.25) is 0 Å². The summed E-state index contributed by atoms with van der Waals surface area (Å²) >= 11 is 1.06. The smallest absolute Gasteiger partial charge is 0.340 e. The number of thiophene rings is 1. The minimum Gasteiger partial charge on any atom is -0.452 e. The third-order valence-electron chi connectivity index (χ3n) is 4.77. The van der Waals surface area contributed by atoms with E-state index in [0.717, 1.165) is 22.5 Å². The van der Waals surface area contributed by atoms with Crippen LogP contribution < -0.4 is 10.0 Å². The summed E-state index contributed by atoms with van der Waals surface area (Å²) in [7, 11) is -3.85. The number of sulfonamides is 1. The number of hydrogen-bond donors (Lipinski definition) is 2. The highest BCUT2D eigenvalue weighted by atomic mass is 32.2. The maximum absolute atomic E-state index is 12.6. The predicted molar refractivity (Wildman–Crippen MR) is 132 cm³/mol. The number of ether oxygens (including phenoxy) is 1. The third kappa shape index (κ3) is 5.51. The van der Waals surface area contributed by atoms with Gasteiger partial charge >= 0.3 is 5.97 Å². The second-order valence-electron chi connectivity index (χ2n) is 7.12. The first-order valence-corrected chi connectivity index (χ1v) is 12.6. The summed E-state index contributed by atoms with van der Waals surface area (Å²) in [6, 6.07) is 26.0. The Morgan fingerprint density at radius 3 is 2.21 bits per heavy atom. The Kier molecular flexibility index (Phi) is 7.05. The molecule has 34 heavy (non-hydrogen) atoms. The predicted octanol–water partition coefficient (Wildman–Crippen LogP) is 5.01. The molecule has 0 spiro atoms. The van der Waals surface area contributed by atoms with E-state index >= 15 is 0 Å². The number of amides is 1.